The second-order valence-corrected chi connectivity index (χ2v) is 8.02. The molecule has 2 aromatic rings. The van der Waals surface area contributed by atoms with Gasteiger partial charge in [-0.2, -0.15) is 9.78 Å². The van der Waals surface area contributed by atoms with Gasteiger partial charge in [-0.05, 0) is 31.0 Å². The first-order chi connectivity index (χ1) is 13.5. The fraction of sp³-hybridized carbons (Fsp3) is 0.389. The van der Waals surface area contributed by atoms with Gasteiger partial charge in [0.1, 0.15) is 5.02 Å². The number of halogens is 3. The SMILES string of the molecule is O=C1NCCN1C1CCCN(c2ccc(-n3ncc(Cl)c(Cl)c3=O)cc2Cl)C1. The van der Waals surface area contributed by atoms with Crippen LogP contribution in [0.1, 0.15) is 12.8 Å². The van der Waals surface area contributed by atoms with Gasteiger partial charge in [0.05, 0.1) is 33.7 Å². The molecule has 3 heterocycles. The number of carbonyl (C=O) groups is 1. The van der Waals surface area contributed by atoms with Crippen molar-refractivity contribution in [2.45, 2.75) is 18.9 Å². The van der Waals surface area contributed by atoms with Crippen molar-refractivity contribution < 1.29 is 4.79 Å². The van der Waals surface area contributed by atoms with Crippen LogP contribution in [0, 0.1) is 0 Å². The first kappa shape index (κ1) is 19.4. The molecule has 28 heavy (non-hydrogen) atoms. The van der Waals surface area contributed by atoms with Gasteiger partial charge in [0, 0.05) is 26.2 Å². The zero-order valence-electron chi connectivity index (χ0n) is 14.9. The van der Waals surface area contributed by atoms with E-state index in [0.717, 1.165) is 42.8 Å². The molecule has 10 heteroatoms. The minimum absolute atomic E-state index is 0.00152. The first-order valence-electron chi connectivity index (χ1n) is 8.98. The van der Waals surface area contributed by atoms with E-state index in [0.29, 0.717) is 17.3 Å². The van der Waals surface area contributed by atoms with Crippen LogP contribution in [0.5, 0.6) is 0 Å². The lowest BCUT2D eigenvalue weighted by atomic mass is 10.0. The molecule has 0 aliphatic carbocycles. The Balaban J connectivity index is 1.59. The molecule has 2 aliphatic heterocycles. The highest BCUT2D eigenvalue weighted by molar-refractivity contribution is 6.41. The van der Waals surface area contributed by atoms with Gasteiger partial charge < -0.3 is 15.1 Å². The summed E-state index contributed by atoms with van der Waals surface area (Å²) < 4.78 is 1.16. The molecule has 148 valence electrons. The van der Waals surface area contributed by atoms with Crippen molar-refractivity contribution in [3.8, 4) is 5.69 Å². The highest BCUT2D eigenvalue weighted by atomic mass is 35.5. The molecule has 1 aromatic carbocycles. The summed E-state index contributed by atoms with van der Waals surface area (Å²) in [5, 5.41) is 7.41. The van der Waals surface area contributed by atoms with Crippen LogP contribution in [-0.2, 0) is 0 Å². The third-order valence-corrected chi connectivity index (χ3v) is 6.17. The molecular weight excluding hydrogens is 425 g/mol. The highest BCUT2D eigenvalue weighted by Crippen LogP contribution is 2.31. The van der Waals surface area contributed by atoms with Gasteiger partial charge in [0.25, 0.3) is 5.56 Å². The van der Waals surface area contributed by atoms with Crippen molar-refractivity contribution in [2.75, 3.05) is 31.1 Å². The number of anilines is 1. The molecule has 2 saturated heterocycles. The quantitative estimate of drug-likeness (QED) is 0.792. The summed E-state index contributed by atoms with van der Waals surface area (Å²) in [4.78, 5) is 28.3. The highest BCUT2D eigenvalue weighted by Gasteiger charge is 2.31. The second-order valence-electron chi connectivity index (χ2n) is 6.83. The van der Waals surface area contributed by atoms with Crippen LogP contribution < -0.4 is 15.8 Å². The lowest BCUT2D eigenvalue weighted by Crippen LogP contribution is -2.49. The smallest absolute Gasteiger partial charge is 0.317 e. The predicted octanol–water partition coefficient (Wildman–Crippen LogP) is 3.19. The Morgan fingerprint density at radius 1 is 1.11 bits per heavy atom. The minimum atomic E-state index is -0.504. The zero-order valence-corrected chi connectivity index (χ0v) is 17.1. The van der Waals surface area contributed by atoms with Crippen molar-refractivity contribution in [1.82, 2.24) is 20.0 Å². The average molecular weight is 443 g/mol. The van der Waals surface area contributed by atoms with Crippen molar-refractivity contribution in [3.05, 3.63) is 49.8 Å². The summed E-state index contributed by atoms with van der Waals surface area (Å²) in [5.74, 6) is 0. The lowest BCUT2D eigenvalue weighted by molar-refractivity contribution is 0.189. The summed E-state index contributed by atoms with van der Waals surface area (Å²) in [6, 6.07) is 5.47. The fourth-order valence-corrected chi connectivity index (χ4v) is 4.29. The number of aromatic nitrogens is 2. The van der Waals surface area contributed by atoms with Crippen LogP contribution in [0.25, 0.3) is 5.69 Å². The number of rotatable bonds is 3. The van der Waals surface area contributed by atoms with E-state index in [-0.39, 0.29) is 22.1 Å². The van der Waals surface area contributed by atoms with Crippen LogP contribution in [0.3, 0.4) is 0 Å². The normalized spacial score (nSPS) is 19.8. The van der Waals surface area contributed by atoms with Crippen LogP contribution >= 0.6 is 34.8 Å². The number of benzene rings is 1. The van der Waals surface area contributed by atoms with Crippen molar-refractivity contribution >= 4 is 46.5 Å². The van der Waals surface area contributed by atoms with E-state index in [9.17, 15) is 9.59 Å². The minimum Gasteiger partial charge on any atom is -0.368 e. The summed E-state index contributed by atoms with van der Waals surface area (Å²) in [6.45, 7) is 3.00. The molecule has 1 atom stereocenters. The van der Waals surface area contributed by atoms with Gasteiger partial charge in [0.2, 0.25) is 0 Å². The molecule has 1 N–H and O–H groups in total. The average Bonchev–Trinajstić information content (AvgIpc) is 3.12. The molecule has 0 saturated carbocycles. The molecule has 7 nitrogen and oxygen atoms in total. The Hall–Kier alpha value is -1.96. The van der Waals surface area contributed by atoms with E-state index in [1.165, 1.54) is 6.20 Å². The third kappa shape index (κ3) is 3.54. The molecule has 0 bridgehead atoms. The summed E-state index contributed by atoms with van der Waals surface area (Å²) >= 11 is 18.3. The van der Waals surface area contributed by atoms with E-state index in [1.807, 2.05) is 11.0 Å². The molecule has 4 rings (SSSR count). The Kier molecular flexibility index (Phi) is 5.40. The van der Waals surface area contributed by atoms with Crippen LogP contribution in [-0.4, -0.2) is 52.9 Å². The molecule has 0 spiro atoms. The summed E-state index contributed by atoms with van der Waals surface area (Å²) in [6.07, 6.45) is 3.27. The predicted molar refractivity (Wildman–Crippen MR) is 110 cm³/mol. The molecule has 0 radical (unpaired) electrons. The molecular formula is C18H18Cl3N5O2. The van der Waals surface area contributed by atoms with Gasteiger partial charge in [-0.1, -0.05) is 34.8 Å². The third-order valence-electron chi connectivity index (χ3n) is 5.12. The Morgan fingerprint density at radius 3 is 2.64 bits per heavy atom. The van der Waals surface area contributed by atoms with Crippen molar-refractivity contribution in [2.24, 2.45) is 0 Å². The Morgan fingerprint density at radius 2 is 1.93 bits per heavy atom. The van der Waals surface area contributed by atoms with E-state index in [2.05, 4.69) is 15.3 Å². The number of hydrogen-bond acceptors (Lipinski definition) is 4. The van der Waals surface area contributed by atoms with E-state index >= 15 is 0 Å². The van der Waals surface area contributed by atoms with Crippen LogP contribution in [0.15, 0.2) is 29.2 Å². The summed E-state index contributed by atoms with van der Waals surface area (Å²) in [5.41, 5.74) is 0.865. The molecule has 2 fully saturated rings. The molecule has 2 amide bonds. The fourth-order valence-electron chi connectivity index (χ4n) is 3.74. The monoisotopic (exact) mass is 441 g/mol. The Labute approximate surface area is 176 Å². The van der Waals surface area contributed by atoms with Gasteiger partial charge >= 0.3 is 6.03 Å². The van der Waals surface area contributed by atoms with Crippen LogP contribution in [0.4, 0.5) is 10.5 Å². The van der Waals surface area contributed by atoms with Gasteiger partial charge in [-0.15, -0.1) is 0 Å². The number of carbonyl (C=O) groups excluding carboxylic acids is 1. The molecule has 2 aliphatic rings. The van der Waals surface area contributed by atoms with Gasteiger partial charge in [-0.25, -0.2) is 4.79 Å². The topological polar surface area (TPSA) is 70.5 Å². The largest absolute Gasteiger partial charge is 0.368 e. The van der Waals surface area contributed by atoms with E-state index < -0.39 is 5.56 Å². The van der Waals surface area contributed by atoms with E-state index in [4.69, 9.17) is 34.8 Å². The summed E-state index contributed by atoms with van der Waals surface area (Å²) in [7, 11) is 0. The van der Waals surface area contributed by atoms with Crippen LogP contribution in [0.2, 0.25) is 15.1 Å². The maximum absolute atomic E-state index is 12.3. The van der Waals surface area contributed by atoms with Crippen molar-refractivity contribution in [3.63, 3.8) is 0 Å². The Bertz CT molecular complexity index is 980. The maximum Gasteiger partial charge on any atom is 0.317 e. The molecule has 1 unspecified atom stereocenters. The number of amides is 2. The lowest BCUT2D eigenvalue weighted by Gasteiger charge is -2.38. The number of nitrogens with zero attached hydrogens (tertiary/aromatic N) is 4. The zero-order chi connectivity index (χ0) is 19.8. The number of hydrogen-bond donors (Lipinski definition) is 1. The van der Waals surface area contributed by atoms with Gasteiger partial charge in [0.15, 0.2) is 0 Å². The van der Waals surface area contributed by atoms with Gasteiger partial charge in [-0.3, -0.25) is 4.79 Å². The number of piperidine rings is 1. The van der Waals surface area contributed by atoms with Crippen molar-refractivity contribution in [1.29, 1.82) is 0 Å². The standard InChI is InChI=1S/C18H18Cl3N5O2/c19-13-8-11(26-17(27)16(21)14(20)9-23-26)3-4-15(13)24-6-1-2-12(10-24)25-7-5-22-18(25)28/h3-4,8-9,12H,1-2,5-7,10H2,(H,22,28). The maximum atomic E-state index is 12.3. The number of nitrogens with one attached hydrogen (secondary N) is 1. The second kappa shape index (κ2) is 7.81. The number of urea groups is 1. The first-order valence-corrected chi connectivity index (χ1v) is 10.1. The molecule has 1 aromatic heterocycles. The van der Waals surface area contributed by atoms with E-state index in [1.54, 1.807) is 12.1 Å².